The molecule has 0 saturated carbocycles. The molecular weight excluding hydrogens is 212 g/mol. The average molecular weight is 244 g/mol. The molecule has 17 heavy (non-hydrogen) atoms. The first-order valence-corrected chi connectivity index (χ1v) is 7.60. The van der Waals surface area contributed by atoms with E-state index in [-0.39, 0.29) is 0 Å². The molecule has 0 atom stereocenters. The summed E-state index contributed by atoms with van der Waals surface area (Å²) in [5.41, 5.74) is 0. The third-order valence-corrected chi connectivity index (χ3v) is 3.09. The van der Waals surface area contributed by atoms with Crippen LogP contribution in [0.5, 0.6) is 0 Å². The fourth-order valence-corrected chi connectivity index (χ4v) is 1.90. The number of ether oxygens (including phenoxy) is 1. The summed E-state index contributed by atoms with van der Waals surface area (Å²) in [5, 5.41) is 8.63. The average Bonchev–Trinajstić information content (AvgIpc) is 2.35. The number of aliphatic hydroxyl groups is 1. The van der Waals surface area contributed by atoms with Crippen molar-refractivity contribution in [2.24, 2.45) is 0 Å². The van der Waals surface area contributed by atoms with E-state index in [0.29, 0.717) is 6.61 Å². The first-order valence-electron chi connectivity index (χ1n) is 7.60. The van der Waals surface area contributed by atoms with Crippen molar-refractivity contribution >= 4 is 0 Å². The Kier molecular flexibility index (Phi) is 15.8. The molecule has 0 aliphatic heterocycles. The van der Waals surface area contributed by atoms with Gasteiger partial charge in [-0.05, 0) is 19.3 Å². The van der Waals surface area contributed by atoms with Crippen molar-refractivity contribution in [3.05, 3.63) is 0 Å². The lowest BCUT2D eigenvalue weighted by atomic mass is 10.1. The van der Waals surface area contributed by atoms with E-state index in [1.165, 1.54) is 64.2 Å². The van der Waals surface area contributed by atoms with Crippen LogP contribution >= 0.6 is 0 Å². The molecule has 0 aliphatic carbocycles. The Morgan fingerprint density at radius 1 is 0.647 bits per heavy atom. The molecule has 0 aliphatic rings. The van der Waals surface area contributed by atoms with Crippen molar-refractivity contribution < 1.29 is 9.84 Å². The second-order valence-corrected chi connectivity index (χ2v) is 4.87. The highest BCUT2D eigenvalue weighted by molar-refractivity contribution is 4.47. The fourth-order valence-electron chi connectivity index (χ4n) is 1.90. The lowest BCUT2D eigenvalue weighted by molar-refractivity contribution is 0.127. The first kappa shape index (κ1) is 16.9. The SMILES string of the molecule is CCCCOCCCCCCCCCCCO. The van der Waals surface area contributed by atoms with E-state index in [1.54, 1.807) is 0 Å². The summed E-state index contributed by atoms with van der Waals surface area (Å²) in [4.78, 5) is 0. The summed E-state index contributed by atoms with van der Waals surface area (Å²) in [5.74, 6) is 0. The number of hydrogen-bond acceptors (Lipinski definition) is 2. The smallest absolute Gasteiger partial charge is 0.0466 e. The lowest BCUT2D eigenvalue weighted by Crippen LogP contribution is -1.96. The topological polar surface area (TPSA) is 29.5 Å². The van der Waals surface area contributed by atoms with Crippen LogP contribution in [0.3, 0.4) is 0 Å². The molecule has 0 aromatic heterocycles. The van der Waals surface area contributed by atoms with Crippen molar-refractivity contribution in [1.82, 2.24) is 0 Å². The second-order valence-electron chi connectivity index (χ2n) is 4.87. The van der Waals surface area contributed by atoms with Crippen molar-refractivity contribution in [2.45, 2.75) is 77.6 Å². The van der Waals surface area contributed by atoms with Crippen LogP contribution < -0.4 is 0 Å². The Morgan fingerprint density at radius 3 is 1.65 bits per heavy atom. The number of hydrogen-bond donors (Lipinski definition) is 1. The van der Waals surface area contributed by atoms with Gasteiger partial charge in [0.15, 0.2) is 0 Å². The molecule has 2 nitrogen and oxygen atoms in total. The van der Waals surface area contributed by atoms with Gasteiger partial charge in [0, 0.05) is 19.8 Å². The molecule has 0 rings (SSSR count). The molecule has 2 heteroatoms. The molecular formula is C15H32O2. The number of aliphatic hydroxyl groups excluding tert-OH is 1. The monoisotopic (exact) mass is 244 g/mol. The minimum Gasteiger partial charge on any atom is -0.396 e. The molecule has 1 N–H and O–H groups in total. The summed E-state index contributed by atoms with van der Waals surface area (Å²) < 4.78 is 5.52. The van der Waals surface area contributed by atoms with E-state index in [1.807, 2.05) is 0 Å². The van der Waals surface area contributed by atoms with Crippen molar-refractivity contribution in [2.75, 3.05) is 19.8 Å². The van der Waals surface area contributed by atoms with Crippen molar-refractivity contribution in [1.29, 1.82) is 0 Å². The van der Waals surface area contributed by atoms with Crippen LogP contribution in [-0.2, 0) is 4.74 Å². The Bertz CT molecular complexity index is 112. The first-order chi connectivity index (χ1) is 8.41. The van der Waals surface area contributed by atoms with E-state index in [4.69, 9.17) is 9.84 Å². The maximum absolute atomic E-state index is 8.63. The molecule has 0 unspecified atom stereocenters. The van der Waals surface area contributed by atoms with Gasteiger partial charge in [-0.3, -0.25) is 0 Å². The molecule has 0 aromatic rings. The standard InChI is InChI=1S/C15H32O2/c1-2-3-14-17-15-12-10-8-6-4-5-7-9-11-13-16/h16H,2-15H2,1H3. The van der Waals surface area contributed by atoms with E-state index in [0.717, 1.165) is 19.6 Å². The predicted molar refractivity (Wildman–Crippen MR) is 74.4 cm³/mol. The van der Waals surface area contributed by atoms with Crippen LogP contribution in [0.25, 0.3) is 0 Å². The van der Waals surface area contributed by atoms with Crippen LogP contribution in [0.1, 0.15) is 77.6 Å². The van der Waals surface area contributed by atoms with Gasteiger partial charge in [-0.2, -0.15) is 0 Å². The highest BCUT2D eigenvalue weighted by Gasteiger charge is 1.93. The van der Waals surface area contributed by atoms with Gasteiger partial charge in [0.2, 0.25) is 0 Å². The Labute approximate surface area is 108 Å². The van der Waals surface area contributed by atoms with E-state index in [9.17, 15) is 0 Å². The van der Waals surface area contributed by atoms with Crippen LogP contribution in [-0.4, -0.2) is 24.9 Å². The van der Waals surface area contributed by atoms with Gasteiger partial charge in [-0.15, -0.1) is 0 Å². The summed E-state index contributed by atoms with van der Waals surface area (Å²) in [6, 6.07) is 0. The van der Waals surface area contributed by atoms with Gasteiger partial charge >= 0.3 is 0 Å². The fraction of sp³-hybridized carbons (Fsp3) is 1.00. The zero-order valence-corrected chi connectivity index (χ0v) is 11.8. The Hall–Kier alpha value is -0.0800. The van der Waals surface area contributed by atoms with E-state index < -0.39 is 0 Å². The maximum atomic E-state index is 8.63. The van der Waals surface area contributed by atoms with Gasteiger partial charge in [-0.25, -0.2) is 0 Å². The predicted octanol–water partition coefficient (Wildman–Crippen LogP) is 4.31. The summed E-state index contributed by atoms with van der Waals surface area (Å²) in [7, 11) is 0. The molecule has 0 bridgehead atoms. The summed E-state index contributed by atoms with van der Waals surface area (Å²) in [6.45, 7) is 4.46. The van der Waals surface area contributed by atoms with Crippen LogP contribution in [0.2, 0.25) is 0 Å². The number of unbranched alkanes of at least 4 members (excludes halogenated alkanes) is 9. The normalized spacial score (nSPS) is 10.9. The molecule has 0 spiro atoms. The van der Waals surface area contributed by atoms with Crippen LogP contribution in [0.15, 0.2) is 0 Å². The summed E-state index contributed by atoms with van der Waals surface area (Å²) in [6.07, 6.45) is 13.9. The minimum absolute atomic E-state index is 0.359. The largest absolute Gasteiger partial charge is 0.396 e. The minimum atomic E-state index is 0.359. The van der Waals surface area contributed by atoms with Crippen LogP contribution in [0, 0.1) is 0 Å². The van der Waals surface area contributed by atoms with Gasteiger partial charge < -0.3 is 9.84 Å². The molecule has 104 valence electrons. The lowest BCUT2D eigenvalue weighted by Gasteiger charge is -2.03. The molecule has 0 fully saturated rings. The molecule has 0 heterocycles. The molecule has 0 amide bonds. The third kappa shape index (κ3) is 15.9. The molecule has 0 aromatic carbocycles. The third-order valence-electron chi connectivity index (χ3n) is 3.09. The van der Waals surface area contributed by atoms with Crippen molar-refractivity contribution in [3.8, 4) is 0 Å². The number of rotatable bonds is 14. The maximum Gasteiger partial charge on any atom is 0.0466 e. The Balaban J connectivity index is 2.85. The van der Waals surface area contributed by atoms with Crippen LogP contribution in [0.4, 0.5) is 0 Å². The zero-order chi connectivity index (χ0) is 12.6. The quantitative estimate of drug-likeness (QED) is 0.461. The molecule has 0 saturated heterocycles. The second kappa shape index (κ2) is 15.9. The Morgan fingerprint density at radius 2 is 1.12 bits per heavy atom. The van der Waals surface area contributed by atoms with Gasteiger partial charge in [-0.1, -0.05) is 58.3 Å². The van der Waals surface area contributed by atoms with Gasteiger partial charge in [0.1, 0.15) is 0 Å². The highest BCUT2D eigenvalue weighted by Crippen LogP contribution is 2.09. The summed E-state index contributed by atoms with van der Waals surface area (Å²) >= 11 is 0. The van der Waals surface area contributed by atoms with E-state index >= 15 is 0 Å². The zero-order valence-electron chi connectivity index (χ0n) is 11.8. The van der Waals surface area contributed by atoms with Gasteiger partial charge in [0.25, 0.3) is 0 Å². The van der Waals surface area contributed by atoms with Gasteiger partial charge in [0.05, 0.1) is 0 Å². The van der Waals surface area contributed by atoms with E-state index in [2.05, 4.69) is 6.92 Å². The molecule has 0 radical (unpaired) electrons. The van der Waals surface area contributed by atoms with Crippen molar-refractivity contribution in [3.63, 3.8) is 0 Å². The highest BCUT2D eigenvalue weighted by atomic mass is 16.5.